The van der Waals surface area contributed by atoms with Crippen LogP contribution in [-0.2, 0) is 7.05 Å². The minimum Gasteiger partial charge on any atom is -0.478 e. The Bertz CT molecular complexity index is 828. The first-order chi connectivity index (χ1) is 10.2. The third-order valence-electron chi connectivity index (χ3n) is 3.80. The van der Waals surface area contributed by atoms with Gasteiger partial charge in [0.1, 0.15) is 11.6 Å². The molecule has 0 spiro atoms. The van der Waals surface area contributed by atoms with Crippen LogP contribution in [0, 0.1) is 5.82 Å². The maximum absolute atomic E-state index is 13.2. The number of hydrogen-bond donors (Lipinski definition) is 1. The largest absolute Gasteiger partial charge is 0.478 e. The lowest BCUT2D eigenvalue weighted by molar-refractivity contribution is 0.197. The molecule has 4 rings (SSSR count). The van der Waals surface area contributed by atoms with Crippen molar-refractivity contribution in [3.63, 3.8) is 0 Å². The number of anilines is 1. The summed E-state index contributed by atoms with van der Waals surface area (Å²) >= 11 is 0. The third kappa shape index (κ3) is 1.93. The molecule has 0 radical (unpaired) electrons. The van der Waals surface area contributed by atoms with Gasteiger partial charge in [-0.2, -0.15) is 0 Å². The number of rotatable bonds is 1. The highest BCUT2D eigenvalue weighted by molar-refractivity contribution is 5.76. The summed E-state index contributed by atoms with van der Waals surface area (Å²) < 4.78 is 21.2. The van der Waals surface area contributed by atoms with E-state index in [-0.39, 0.29) is 11.9 Å². The zero-order chi connectivity index (χ0) is 14.4. The lowest BCUT2D eigenvalue weighted by Crippen LogP contribution is -2.26. The highest BCUT2D eigenvalue weighted by Gasteiger charge is 2.25. The van der Waals surface area contributed by atoms with Gasteiger partial charge in [0, 0.05) is 13.1 Å². The second-order valence-electron chi connectivity index (χ2n) is 5.15. The van der Waals surface area contributed by atoms with E-state index < -0.39 is 0 Å². The first kappa shape index (κ1) is 12.2. The van der Waals surface area contributed by atoms with Crippen LogP contribution in [0.15, 0.2) is 42.5 Å². The number of halogens is 1. The van der Waals surface area contributed by atoms with Gasteiger partial charge < -0.3 is 14.6 Å². The standard InChI is InChI=1S/C16H14FN3O/c1-20-13-5-3-2-4-11(13)19-16(20)15-9-18-12-8-10(17)6-7-14(12)21-15/h2-8,15,18H,9H2,1H3. The Kier molecular flexibility index (Phi) is 2.60. The van der Waals surface area contributed by atoms with Crippen LogP contribution in [0.2, 0.25) is 0 Å². The molecular weight excluding hydrogens is 269 g/mol. The molecule has 1 N–H and O–H groups in total. The monoisotopic (exact) mass is 283 g/mol. The van der Waals surface area contributed by atoms with Gasteiger partial charge in [-0.1, -0.05) is 12.1 Å². The van der Waals surface area contributed by atoms with Crippen molar-refractivity contribution in [2.24, 2.45) is 7.05 Å². The fraction of sp³-hybridized carbons (Fsp3) is 0.188. The number of nitrogens with one attached hydrogen (secondary N) is 1. The van der Waals surface area contributed by atoms with Crippen LogP contribution in [0.1, 0.15) is 11.9 Å². The molecule has 21 heavy (non-hydrogen) atoms. The first-order valence-corrected chi connectivity index (χ1v) is 6.84. The number of para-hydroxylation sites is 2. The summed E-state index contributed by atoms with van der Waals surface area (Å²) in [6, 6.07) is 12.5. The van der Waals surface area contributed by atoms with E-state index in [4.69, 9.17) is 4.74 Å². The number of aryl methyl sites for hydroxylation is 1. The molecule has 0 amide bonds. The van der Waals surface area contributed by atoms with Gasteiger partial charge in [0.2, 0.25) is 0 Å². The molecule has 0 bridgehead atoms. The molecule has 4 nitrogen and oxygen atoms in total. The second-order valence-corrected chi connectivity index (χ2v) is 5.15. The highest BCUT2D eigenvalue weighted by atomic mass is 19.1. The summed E-state index contributed by atoms with van der Waals surface area (Å²) in [5.74, 6) is 1.24. The van der Waals surface area contributed by atoms with E-state index in [1.807, 2.05) is 35.9 Å². The van der Waals surface area contributed by atoms with Gasteiger partial charge in [0.05, 0.1) is 23.3 Å². The Morgan fingerprint density at radius 1 is 1.29 bits per heavy atom. The van der Waals surface area contributed by atoms with E-state index in [1.54, 1.807) is 6.07 Å². The smallest absolute Gasteiger partial charge is 0.173 e. The molecule has 0 saturated heterocycles. The van der Waals surface area contributed by atoms with Gasteiger partial charge in [-0.3, -0.25) is 0 Å². The summed E-state index contributed by atoms with van der Waals surface area (Å²) in [6.07, 6.45) is -0.194. The predicted octanol–water partition coefficient (Wildman–Crippen LogP) is 3.26. The van der Waals surface area contributed by atoms with Crippen LogP contribution in [0.25, 0.3) is 11.0 Å². The molecule has 1 aromatic heterocycles. The van der Waals surface area contributed by atoms with Gasteiger partial charge in [0.15, 0.2) is 11.9 Å². The summed E-state index contributed by atoms with van der Waals surface area (Å²) in [4.78, 5) is 4.65. The summed E-state index contributed by atoms with van der Waals surface area (Å²) in [6.45, 7) is 0.563. The Labute approximate surface area is 121 Å². The average molecular weight is 283 g/mol. The molecule has 1 unspecified atom stereocenters. The zero-order valence-corrected chi connectivity index (χ0v) is 11.5. The van der Waals surface area contributed by atoms with E-state index in [0.29, 0.717) is 18.0 Å². The third-order valence-corrected chi connectivity index (χ3v) is 3.80. The Balaban J connectivity index is 1.74. The minimum atomic E-state index is -0.272. The van der Waals surface area contributed by atoms with Crippen molar-refractivity contribution in [3.05, 3.63) is 54.1 Å². The molecule has 106 valence electrons. The quantitative estimate of drug-likeness (QED) is 0.745. The molecule has 2 aromatic carbocycles. The molecule has 1 atom stereocenters. The minimum absolute atomic E-state index is 0.194. The molecule has 5 heteroatoms. The highest BCUT2D eigenvalue weighted by Crippen LogP contribution is 2.34. The van der Waals surface area contributed by atoms with Gasteiger partial charge >= 0.3 is 0 Å². The maximum Gasteiger partial charge on any atom is 0.173 e. The second kappa shape index (κ2) is 4.48. The fourth-order valence-electron chi connectivity index (χ4n) is 2.74. The molecule has 2 heterocycles. The molecule has 0 fully saturated rings. The van der Waals surface area contributed by atoms with E-state index in [0.717, 1.165) is 16.9 Å². The molecular formula is C16H14FN3O. The van der Waals surface area contributed by atoms with E-state index >= 15 is 0 Å². The molecule has 1 aliphatic heterocycles. The number of aromatic nitrogens is 2. The number of fused-ring (bicyclic) bond motifs is 2. The van der Waals surface area contributed by atoms with Crippen molar-refractivity contribution < 1.29 is 9.13 Å². The van der Waals surface area contributed by atoms with E-state index in [2.05, 4.69) is 10.3 Å². The van der Waals surface area contributed by atoms with Crippen molar-refractivity contribution >= 4 is 16.7 Å². The number of hydrogen-bond acceptors (Lipinski definition) is 3. The summed E-state index contributed by atoms with van der Waals surface area (Å²) in [5.41, 5.74) is 2.70. The first-order valence-electron chi connectivity index (χ1n) is 6.84. The Morgan fingerprint density at radius 2 is 2.14 bits per heavy atom. The summed E-state index contributed by atoms with van der Waals surface area (Å²) in [7, 11) is 1.98. The molecule has 1 aliphatic rings. The molecule has 3 aromatic rings. The number of ether oxygens (including phenoxy) is 1. The number of benzene rings is 2. The molecule has 0 saturated carbocycles. The van der Waals surface area contributed by atoms with E-state index in [1.165, 1.54) is 12.1 Å². The van der Waals surface area contributed by atoms with Crippen LogP contribution in [0.3, 0.4) is 0 Å². The summed E-state index contributed by atoms with van der Waals surface area (Å²) in [5, 5.41) is 3.21. The zero-order valence-electron chi connectivity index (χ0n) is 11.5. The normalized spacial score (nSPS) is 17.1. The maximum atomic E-state index is 13.2. The number of nitrogens with zero attached hydrogens (tertiary/aromatic N) is 2. The lowest BCUT2D eigenvalue weighted by atomic mass is 10.2. The topological polar surface area (TPSA) is 39.1 Å². The van der Waals surface area contributed by atoms with E-state index in [9.17, 15) is 4.39 Å². The van der Waals surface area contributed by atoms with Gasteiger partial charge in [0.25, 0.3) is 0 Å². The van der Waals surface area contributed by atoms with Crippen molar-refractivity contribution in [2.45, 2.75) is 6.10 Å². The Morgan fingerprint density at radius 3 is 3.00 bits per heavy atom. The van der Waals surface area contributed by atoms with Crippen molar-refractivity contribution in [1.82, 2.24) is 9.55 Å². The SMILES string of the molecule is Cn1c(C2CNc3cc(F)ccc3O2)nc2ccccc21. The van der Waals surface area contributed by atoms with Crippen LogP contribution >= 0.6 is 0 Å². The number of imidazole rings is 1. The predicted molar refractivity (Wildman–Crippen MR) is 79.0 cm³/mol. The van der Waals surface area contributed by atoms with Gasteiger partial charge in [-0.25, -0.2) is 9.37 Å². The van der Waals surface area contributed by atoms with Crippen LogP contribution < -0.4 is 10.1 Å². The molecule has 0 aliphatic carbocycles. The fourth-order valence-corrected chi connectivity index (χ4v) is 2.74. The van der Waals surface area contributed by atoms with Crippen LogP contribution in [0.5, 0.6) is 5.75 Å². The van der Waals surface area contributed by atoms with Gasteiger partial charge in [-0.05, 0) is 24.3 Å². The van der Waals surface area contributed by atoms with Crippen LogP contribution in [-0.4, -0.2) is 16.1 Å². The average Bonchev–Trinajstić information content (AvgIpc) is 2.84. The lowest BCUT2D eigenvalue weighted by Gasteiger charge is -2.27. The van der Waals surface area contributed by atoms with Crippen LogP contribution in [0.4, 0.5) is 10.1 Å². The van der Waals surface area contributed by atoms with Crippen molar-refractivity contribution in [2.75, 3.05) is 11.9 Å². The Hall–Kier alpha value is -2.56. The van der Waals surface area contributed by atoms with Crippen molar-refractivity contribution in [3.8, 4) is 5.75 Å². The van der Waals surface area contributed by atoms with Crippen molar-refractivity contribution in [1.29, 1.82) is 0 Å². The van der Waals surface area contributed by atoms with Gasteiger partial charge in [-0.15, -0.1) is 0 Å².